The lowest BCUT2D eigenvalue weighted by Gasteiger charge is -2.37. The molecule has 1 fully saturated rings. The van der Waals surface area contributed by atoms with E-state index in [1.807, 2.05) is 47.8 Å². The highest BCUT2D eigenvalue weighted by Gasteiger charge is 2.36. The van der Waals surface area contributed by atoms with Crippen molar-refractivity contribution in [2.45, 2.75) is 31.8 Å². The first kappa shape index (κ1) is 20.5. The summed E-state index contributed by atoms with van der Waals surface area (Å²) in [6.07, 6.45) is 1.48. The van der Waals surface area contributed by atoms with Crippen LogP contribution in [-0.2, 0) is 9.59 Å². The standard InChI is InChI=1S/C21H23N5O2S2/c1-14(26-18(22-23-21(26)29)17-11-7-13-30-17)19(27)24(2)16-10-6-12-25(20(16)28)15-8-4-3-5-9-15/h3-5,7-9,11,13-14,16H,6,10,12H2,1-2H3,(H,23,29). The summed E-state index contributed by atoms with van der Waals surface area (Å²) in [6.45, 7) is 2.45. The molecule has 3 aromatic rings. The zero-order chi connectivity index (χ0) is 21.3. The van der Waals surface area contributed by atoms with Gasteiger partial charge < -0.3 is 9.80 Å². The van der Waals surface area contributed by atoms with Crippen LogP contribution in [0.3, 0.4) is 0 Å². The van der Waals surface area contributed by atoms with E-state index in [-0.39, 0.29) is 11.8 Å². The number of para-hydroxylation sites is 1. The lowest BCUT2D eigenvalue weighted by Crippen LogP contribution is -2.54. The largest absolute Gasteiger partial charge is 0.332 e. The van der Waals surface area contributed by atoms with E-state index < -0.39 is 12.1 Å². The summed E-state index contributed by atoms with van der Waals surface area (Å²) in [7, 11) is 1.70. The number of carbonyl (C=O) groups is 2. The van der Waals surface area contributed by atoms with Gasteiger partial charge in [-0.05, 0) is 55.6 Å². The molecular formula is C21H23N5O2S2. The third-order valence-corrected chi connectivity index (χ3v) is 6.64. The summed E-state index contributed by atoms with van der Waals surface area (Å²) in [5, 5.41) is 9.06. The zero-order valence-electron chi connectivity index (χ0n) is 16.8. The molecule has 0 aliphatic carbocycles. The molecule has 2 unspecified atom stereocenters. The maximum atomic E-state index is 13.4. The third-order valence-electron chi connectivity index (χ3n) is 5.48. The Morgan fingerprint density at radius 1 is 1.30 bits per heavy atom. The molecule has 0 saturated carbocycles. The summed E-state index contributed by atoms with van der Waals surface area (Å²) in [5.74, 6) is 0.411. The Bertz CT molecular complexity index is 1090. The molecule has 1 saturated heterocycles. The number of H-pyrrole nitrogens is 1. The van der Waals surface area contributed by atoms with Gasteiger partial charge in [0, 0.05) is 19.3 Å². The Balaban J connectivity index is 1.57. The Hall–Kier alpha value is -2.78. The van der Waals surface area contributed by atoms with Crippen LogP contribution < -0.4 is 4.90 Å². The summed E-state index contributed by atoms with van der Waals surface area (Å²) < 4.78 is 2.11. The Labute approximate surface area is 183 Å². The van der Waals surface area contributed by atoms with Crippen molar-refractivity contribution in [1.82, 2.24) is 19.7 Å². The SMILES string of the molecule is CC(C(=O)N(C)C1CCCN(c2ccccc2)C1=O)n1c(-c2cccs2)n[nH]c1=S. The van der Waals surface area contributed by atoms with Gasteiger partial charge in [-0.1, -0.05) is 24.3 Å². The quantitative estimate of drug-likeness (QED) is 0.610. The number of carbonyl (C=O) groups excluding carboxylic acids is 2. The number of anilines is 1. The monoisotopic (exact) mass is 441 g/mol. The van der Waals surface area contributed by atoms with Crippen LogP contribution in [0.5, 0.6) is 0 Å². The second-order valence-corrected chi connectivity index (χ2v) is 8.64. The van der Waals surface area contributed by atoms with Crippen LogP contribution in [0.1, 0.15) is 25.8 Å². The summed E-state index contributed by atoms with van der Waals surface area (Å²) >= 11 is 6.93. The number of benzene rings is 1. The topological polar surface area (TPSA) is 74.2 Å². The minimum atomic E-state index is -0.585. The molecule has 1 aromatic carbocycles. The van der Waals surface area contributed by atoms with Crippen LogP contribution in [0, 0.1) is 4.77 Å². The van der Waals surface area contributed by atoms with Crippen LogP contribution in [0.2, 0.25) is 0 Å². The van der Waals surface area contributed by atoms with Crippen molar-refractivity contribution in [1.29, 1.82) is 0 Å². The molecule has 7 nitrogen and oxygen atoms in total. The molecule has 4 rings (SSSR count). The van der Waals surface area contributed by atoms with E-state index in [0.29, 0.717) is 23.6 Å². The highest BCUT2D eigenvalue weighted by Crippen LogP contribution is 2.28. The molecule has 30 heavy (non-hydrogen) atoms. The van der Waals surface area contributed by atoms with Crippen molar-refractivity contribution in [3.63, 3.8) is 0 Å². The first-order valence-corrected chi connectivity index (χ1v) is 11.1. The number of aromatic amines is 1. The lowest BCUT2D eigenvalue weighted by molar-refractivity contribution is -0.141. The molecule has 1 aliphatic rings. The minimum absolute atomic E-state index is 0.0511. The summed E-state index contributed by atoms with van der Waals surface area (Å²) in [5.41, 5.74) is 0.859. The van der Waals surface area contributed by atoms with Crippen molar-refractivity contribution in [3.8, 4) is 10.7 Å². The number of amides is 2. The lowest BCUT2D eigenvalue weighted by atomic mass is 10.0. The Morgan fingerprint density at radius 3 is 2.77 bits per heavy atom. The number of nitrogens with zero attached hydrogens (tertiary/aromatic N) is 4. The van der Waals surface area contributed by atoms with Gasteiger partial charge in [0.25, 0.3) is 0 Å². The average Bonchev–Trinajstić information content (AvgIpc) is 3.42. The minimum Gasteiger partial charge on any atom is -0.332 e. The maximum absolute atomic E-state index is 13.4. The van der Waals surface area contributed by atoms with Gasteiger partial charge in [0.15, 0.2) is 10.6 Å². The summed E-state index contributed by atoms with van der Waals surface area (Å²) in [4.78, 5) is 30.8. The molecule has 0 radical (unpaired) electrons. The van der Waals surface area contributed by atoms with E-state index in [4.69, 9.17) is 12.2 Å². The predicted molar refractivity (Wildman–Crippen MR) is 120 cm³/mol. The molecule has 0 spiro atoms. The van der Waals surface area contributed by atoms with Gasteiger partial charge >= 0.3 is 0 Å². The molecule has 1 N–H and O–H groups in total. The van der Waals surface area contributed by atoms with Crippen LogP contribution >= 0.6 is 23.6 Å². The van der Waals surface area contributed by atoms with E-state index >= 15 is 0 Å². The number of hydrogen-bond acceptors (Lipinski definition) is 5. The number of piperidine rings is 1. The molecule has 3 heterocycles. The zero-order valence-corrected chi connectivity index (χ0v) is 18.4. The first-order valence-electron chi connectivity index (χ1n) is 9.83. The fourth-order valence-corrected chi connectivity index (χ4v) is 4.88. The van der Waals surface area contributed by atoms with Crippen molar-refractivity contribution in [3.05, 3.63) is 52.6 Å². The van der Waals surface area contributed by atoms with E-state index in [2.05, 4.69) is 10.2 Å². The molecule has 156 valence electrons. The highest BCUT2D eigenvalue weighted by atomic mass is 32.1. The fourth-order valence-electron chi connectivity index (χ4n) is 3.88. The number of aromatic nitrogens is 3. The van der Waals surface area contributed by atoms with E-state index in [1.54, 1.807) is 28.3 Å². The molecule has 0 bridgehead atoms. The van der Waals surface area contributed by atoms with Gasteiger partial charge in [0.2, 0.25) is 11.8 Å². The van der Waals surface area contributed by atoms with Crippen molar-refractivity contribution < 1.29 is 9.59 Å². The smallest absolute Gasteiger partial charge is 0.249 e. The highest BCUT2D eigenvalue weighted by molar-refractivity contribution is 7.71. The van der Waals surface area contributed by atoms with Crippen molar-refractivity contribution in [2.24, 2.45) is 0 Å². The maximum Gasteiger partial charge on any atom is 0.249 e. The van der Waals surface area contributed by atoms with E-state index in [1.165, 1.54) is 11.3 Å². The second kappa shape index (κ2) is 8.53. The van der Waals surface area contributed by atoms with Crippen LogP contribution in [0.25, 0.3) is 10.7 Å². The van der Waals surface area contributed by atoms with Crippen LogP contribution in [-0.4, -0.2) is 51.1 Å². The fraction of sp³-hybridized carbons (Fsp3) is 0.333. The van der Waals surface area contributed by atoms with Gasteiger partial charge in [0.1, 0.15) is 12.1 Å². The number of likely N-dealkylation sites (N-methyl/N-ethyl adjacent to an activating group) is 1. The molecular weight excluding hydrogens is 418 g/mol. The van der Waals surface area contributed by atoms with Gasteiger partial charge in [-0.2, -0.15) is 5.10 Å². The molecule has 9 heteroatoms. The van der Waals surface area contributed by atoms with Crippen LogP contribution in [0.15, 0.2) is 47.8 Å². The average molecular weight is 442 g/mol. The number of nitrogens with one attached hydrogen (secondary N) is 1. The Kier molecular flexibility index (Phi) is 5.83. The first-order chi connectivity index (χ1) is 14.5. The van der Waals surface area contributed by atoms with Crippen molar-refractivity contribution >= 4 is 41.1 Å². The Morgan fingerprint density at radius 2 is 2.07 bits per heavy atom. The van der Waals surface area contributed by atoms with Gasteiger partial charge in [0.05, 0.1) is 4.88 Å². The number of thiophene rings is 1. The van der Waals surface area contributed by atoms with Crippen LogP contribution in [0.4, 0.5) is 5.69 Å². The number of rotatable bonds is 5. The molecule has 2 amide bonds. The summed E-state index contributed by atoms with van der Waals surface area (Å²) in [6, 6.07) is 12.4. The number of hydrogen-bond donors (Lipinski definition) is 1. The van der Waals surface area contributed by atoms with E-state index in [0.717, 1.165) is 17.0 Å². The van der Waals surface area contributed by atoms with Gasteiger partial charge in [-0.15, -0.1) is 11.3 Å². The molecule has 2 aromatic heterocycles. The molecule has 2 atom stereocenters. The normalized spacial score (nSPS) is 17.7. The third kappa shape index (κ3) is 3.70. The molecule has 1 aliphatic heterocycles. The second-order valence-electron chi connectivity index (χ2n) is 7.31. The van der Waals surface area contributed by atoms with Gasteiger partial charge in [-0.25, -0.2) is 0 Å². The van der Waals surface area contributed by atoms with Crippen molar-refractivity contribution in [2.75, 3.05) is 18.5 Å². The van der Waals surface area contributed by atoms with E-state index in [9.17, 15) is 9.59 Å². The predicted octanol–water partition coefficient (Wildman–Crippen LogP) is 3.88. The van der Waals surface area contributed by atoms with Gasteiger partial charge in [-0.3, -0.25) is 19.3 Å².